The fraction of sp³-hybridized carbons (Fsp3) is 0. The van der Waals surface area contributed by atoms with E-state index in [1.807, 2.05) is 30.3 Å². The molecule has 5 nitrogen and oxygen atoms in total. The molecule has 3 heterocycles. The highest BCUT2D eigenvalue weighted by Crippen LogP contribution is 2.40. The summed E-state index contributed by atoms with van der Waals surface area (Å²) < 4.78 is 8.66. The van der Waals surface area contributed by atoms with Crippen LogP contribution in [0, 0.1) is 0 Å². The van der Waals surface area contributed by atoms with Crippen LogP contribution in [0.5, 0.6) is 0 Å². The SMILES string of the molecule is c1ccc(-c2ccc3c(c2)c2c4ccccc4ccc2n3-c2nc(-c3ccccc3)nc(-c3ccc4c(c3)oc3ccc5ccccc5c34)n2)cc1. The number of benzene rings is 8. The maximum absolute atomic E-state index is 6.47. The Hall–Kier alpha value is -7.11. The number of aromatic nitrogens is 4. The molecule has 0 amide bonds. The van der Waals surface area contributed by atoms with Gasteiger partial charge >= 0.3 is 0 Å². The van der Waals surface area contributed by atoms with Gasteiger partial charge in [0.2, 0.25) is 5.95 Å². The third kappa shape index (κ3) is 4.39. The Kier molecular flexibility index (Phi) is 6.18. The van der Waals surface area contributed by atoms with Gasteiger partial charge in [0.15, 0.2) is 11.6 Å². The van der Waals surface area contributed by atoms with Gasteiger partial charge < -0.3 is 4.42 Å². The minimum absolute atomic E-state index is 0.558. The van der Waals surface area contributed by atoms with Crippen LogP contribution in [0.3, 0.4) is 0 Å². The monoisotopic (exact) mass is 664 g/mol. The van der Waals surface area contributed by atoms with E-state index in [0.717, 1.165) is 55.0 Å². The van der Waals surface area contributed by atoms with Crippen molar-refractivity contribution in [2.24, 2.45) is 0 Å². The molecular weight excluding hydrogens is 637 g/mol. The lowest BCUT2D eigenvalue weighted by Crippen LogP contribution is -2.06. The van der Waals surface area contributed by atoms with Gasteiger partial charge in [0.1, 0.15) is 11.2 Å². The molecule has 0 saturated heterocycles. The van der Waals surface area contributed by atoms with Crippen LogP contribution < -0.4 is 0 Å². The van der Waals surface area contributed by atoms with Gasteiger partial charge in [0.25, 0.3) is 0 Å². The van der Waals surface area contributed by atoms with Crippen molar-refractivity contribution >= 4 is 65.3 Å². The van der Waals surface area contributed by atoms with Gasteiger partial charge in [0.05, 0.1) is 11.0 Å². The van der Waals surface area contributed by atoms with Crippen LogP contribution in [0.25, 0.3) is 105 Å². The third-order valence-corrected chi connectivity index (χ3v) is 10.2. The minimum Gasteiger partial charge on any atom is -0.456 e. The maximum Gasteiger partial charge on any atom is 0.238 e. The van der Waals surface area contributed by atoms with Crippen molar-refractivity contribution in [1.82, 2.24) is 19.5 Å². The van der Waals surface area contributed by atoms with E-state index in [4.69, 9.17) is 19.4 Å². The van der Waals surface area contributed by atoms with E-state index in [1.54, 1.807) is 0 Å². The topological polar surface area (TPSA) is 56.7 Å². The summed E-state index contributed by atoms with van der Waals surface area (Å²) in [7, 11) is 0. The van der Waals surface area contributed by atoms with Crippen molar-refractivity contribution in [3.05, 3.63) is 170 Å². The van der Waals surface area contributed by atoms with Crippen LogP contribution in [-0.2, 0) is 0 Å². The molecule has 0 bridgehead atoms. The molecule has 11 rings (SSSR count). The van der Waals surface area contributed by atoms with Crippen LogP contribution in [0.4, 0.5) is 0 Å². The molecule has 8 aromatic carbocycles. The lowest BCUT2D eigenvalue weighted by atomic mass is 10.0. The van der Waals surface area contributed by atoms with Gasteiger partial charge in [-0.05, 0) is 69.1 Å². The fourth-order valence-electron chi connectivity index (χ4n) is 7.81. The molecule has 11 aromatic rings. The van der Waals surface area contributed by atoms with Crippen molar-refractivity contribution in [2.45, 2.75) is 0 Å². The van der Waals surface area contributed by atoms with E-state index in [0.29, 0.717) is 17.6 Å². The molecule has 242 valence electrons. The Morgan fingerprint density at radius 1 is 0.365 bits per heavy atom. The van der Waals surface area contributed by atoms with Gasteiger partial charge in [-0.3, -0.25) is 4.57 Å². The Morgan fingerprint density at radius 3 is 1.75 bits per heavy atom. The first-order valence-electron chi connectivity index (χ1n) is 17.4. The van der Waals surface area contributed by atoms with Crippen molar-refractivity contribution in [1.29, 1.82) is 0 Å². The summed E-state index contributed by atoms with van der Waals surface area (Å²) in [5.41, 5.74) is 7.83. The number of hydrogen-bond acceptors (Lipinski definition) is 4. The predicted molar refractivity (Wildman–Crippen MR) is 213 cm³/mol. The summed E-state index contributed by atoms with van der Waals surface area (Å²) in [5, 5.41) is 9.24. The lowest BCUT2D eigenvalue weighted by Gasteiger charge is -2.11. The molecule has 0 unspecified atom stereocenters. The standard InChI is InChI=1S/C47H28N4O/c1-3-11-29(12-4-1)33-21-24-39-38(27-33)43-35-17-9-7-13-30(35)20-25-40(43)51(39)47-49-45(32-15-5-2-6-16-32)48-46(50-47)34-19-23-37-42(28-34)52-41-26-22-31-14-8-10-18-36(31)44(37)41/h1-28H. The van der Waals surface area contributed by atoms with Gasteiger partial charge in [-0.2, -0.15) is 9.97 Å². The lowest BCUT2D eigenvalue weighted by molar-refractivity contribution is 0.669. The largest absolute Gasteiger partial charge is 0.456 e. The summed E-state index contributed by atoms with van der Waals surface area (Å²) in [5.74, 6) is 1.74. The van der Waals surface area contributed by atoms with Crippen molar-refractivity contribution in [3.63, 3.8) is 0 Å². The number of rotatable bonds is 4. The Morgan fingerprint density at radius 2 is 0.981 bits per heavy atom. The van der Waals surface area contributed by atoms with Crippen molar-refractivity contribution in [3.8, 4) is 39.9 Å². The molecule has 0 aliphatic carbocycles. The summed E-state index contributed by atoms with van der Waals surface area (Å²) >= 11 is 0. The predicted octanol–water partition coefficient (Wildman–Crippen LogP) is 12.2. The molecule has 0 radical (unpaired) electrons. The highest BCUT2D eigenvalue weighted by atomic mass is 16.3. The van der Waals surface area contributed by atoms with Crippen LogP contribution >= 0.6 is 0 Å². The second kappa shape index (κ2) is 11.2. The molecular formula is C47H28N4O. The molecule has 3 aromatic heterocycles. The van der Waals surface area contributed by atoms with Gasteiger partial charge in [-0.1, -0.05) is 133 Å². The highest BCUT2D eigenvalue weighted by molar-refractivity contribution is 6.22. The number of hydrogen-bond donors (Lipinski definition) is 0. The van der Waals surface area contributed by atoms with E-state index < -0.39 is 0 Å². The van der Waals surface area contributed by atoms with Crippen molar-refractivity contribution < 1.29 is 4.42 Å². The van der Waals surface area contributed by atoms with Gasteiger partial charge in [0, 0.05) is 32.7 Å². The first-order valence-corrected chi connectivity index (χ1v) is 17.4. The van der Waals surface area contributed by atoms with Crippen LogP contribution in [0.1, 0.15) is 0 Å². The van der Waals surface area contributed by atoms with E-state index >= 15 is 0 Å². The third-order valence-electron chi connectivity index (χ3n) is 10.2. The quantitative estimate of drug-likeness (QED) is 0.188. The Labute approximate surface area is 298 Å². The number of furan rings is 1. The van der Waals surface area contributed by atoms with E-state index in [1.165, 1.54) is 32.5 Å². The molecule has 0 atom stereocenters. The zero-order valence-corrected chi connectivity index (χ0v) is 27.9. The molecule has 0 saturated carbocycles. The fourth-order valence-corrected chi connectivity index (χ4v) is 7.81. The normalized spacial score (nSPS) is 11.8. The number of fused-ring (bicyclic) bond motifs is 10. The molecule has 0 aliphatic rings. The first kappa shape index (κ1) is 28.7. The molecule has 0 N–H and O–H groups in total. The van der Waals surface area contributed by atoms with Crippen LogP contribution in [-0.4, -0.2) is 19.5 Å². The second-order valence-electron chi connectivity index (χ2n) is 13.2. The molecule has 52 heavy (non-hydrogen) atoms. The summed E-state index contributed by atoms with van der Waals surface area (Å²) in [6.07, 6.45) is 0. The molecule has 0 spiro atoms. The molecule has 0 fully saturated rings. The molecule has 0 aliphatic heterocycles. The average molecular weight is 665 g/mol. The zero-order valence-electron chi connectivity index (χ0n) is 27.9. The smallest absolute Gasteiger partial charge is 0.238 e. The van der Waals surface area contributed by atoms with Crippen LogP contribution in [0.15, 0.2) is 174 Å². The van der Waals surface area contributed by atoms with Crippen LogP contribution in [0.2, 0.25) is 0 Å². The van der Waals surface area contributed by atoms with E-state index in [-0.39, 0.29) is 0 Å². The molecule has 5 heteroatoms. The maximum atomic E-state index is 6.47. The Bertz CT molecular complexity index is 3180. The van der Waals surface area contributed by atoms with Gasteiger partial charge in [-0.15, -0.1) is 0 Å². The van der Waals surface area contributed by atoms with Gasteiger partial charge in [-0.25, -0.2) is 4.98 Å². The van der Waals surface area contributed by atoms with E-state index in [9.17, 15) is 0 Å². The summed E-state index contributed by atoms with van der Waals surface area (Å²) in [4.78, 5) is 15.5. The summed E-state index contributed by atoms with van der Waals surface area (Å²) in [6.45, 7) is 0. The minimum atomic E-state index is 0.558. The second-order valence-corrected chi connectivity index (χ2v) is 13.2. The number of nitrogens with zero attached hydrogens (tertiary/aromatic N) is 4. The zero-order chi connectivity index (χ0) is 34.2. The Balaban J connectivity index is 1.18. The first-order chi connectivity index (χ1) is 25.8. The average Bonchev–Trinajstić information content (AvgIpc) is 3.77. The summed E-state index contributed by atoms with van der Waals surface area (Å²) in [6, 6.07) is 59.2. The van der Waals surface area contributed by atoms with E-state index in [2.05, 4.69) is 144 Å². The van der Waals surface area contributed by atoms with Crippen molar-refractivity contribution in [2.75, 3.05) is 0 Å². The highest BCUT2D eigenvalue weighted by Gasteiger charge is 2.21.